The highest BCUT2D eigenvalue weighted by Crippen LogP contribution is 2.15. The maximum absolute atomic E-state index is 5.98. The first-order valence-corrected chi connectivity index (χ1v) is 7.44. The molecule has 0 saturated heterocycles. The van der Waals surface area contributed by atoms with Gasteiger partial charge in [0.05, 0.1) is 0 Å². The maximum atomic E-state index is 5.98. The van der Waals surface area contributed by atoms with Crippen LogP contribution in [0.15, 0.2) is 34.8 Å². The number of nitrogens with one attached hydrogen (secondary N) is 1. The van der Waals surface area contributed by atoms with E-state index in [0.717, 1.165) is 10.0 Å². The van der Waals surface area contributed by atoms with Gasteiger partial charge in [0.15, 0.2) is 5.82 Å². The summed E-state index contributed by atoms with van der Waals surface area (Å²) in [5.41, 5.74) is 1.16. The minimum atomic E-state index is 0.365. The Bertz CT molecular complexity index is 563. The monoisotopic (exact) mass is 355 g/mol. The van der Waals surface area contributed by atoms with Crippen LogP contribution in [-0.4, -0.2) is 16.6 Å². The molecule has 2 rings (SSSR count). The molecule has 0 aliphatic heterocycles. The first-order valence-electron chi connectivity index (χ1n) is 6.27. The summed E-state index contributed by atoms with van der Waals surface area (Å²) < 4.78 is 6.35. The van der Waals surface area contributed by atoms with E-state index in [2.05, 4.69) is 31.2 Å². The highest BCUT2D eigenvalue weighted by atomic mass is 79.9. The molecule has 20 heavy (non-hydrogen) atoms. The van der Waals surface area contributed by atoms with Gasteiger partial charge in [-0.3, -0.25) is 0 Å². The fourth-order valence-corrected chi connectivity index (χ4v) is 2.07. The summed E-state index contributed by atoms with van der Waals surface area (Å²) in [6.07, 6.45) is 0. The fraction of sp³-hybridized carbons (Fsp3) is 0.286. The molecule has 6 heteroatoms. The van der Waals surface area contributed by atoms with Crippen molar-refractivity contribution < 1.29 is 4.74 Å². The Balaban J connectivity index is 2.01. The molecule has 1 N–H and O–H groups in total. The first-order chi connectivity index (χ1) is 9.67. The molecule has 0 saturated carbocycles. The Kier molecular flexibility index (Phi) is 5.76. The Labute approximate surface area is 131 Å². The van der Waals surface area contributed by atoms with E-state index in [1.807, 2.05) is 31.2 Å². The van der Waals surface area contributed by atoms with E-state index in [1.54, 1.807) is 6.07 Å². The average Bonchev–Trinajstić information content (AvgIpc) is 2.44. The highest BCUT2D eigenvalue weighted by molar-refractivity contribution is 9.10. The van der Waals surface area contributed by atoms with E-state index >= 15 is 0 Å². The minimum absolute atomic E-state index is 0.365. The van der Waals surface area contributed by atoms with E-state index in [0.29, 0.717) is 36.6 Å². The molecule has 0 aliphatic rings. The van der Waals surface area contributed by atoms with Crippen LogP contribution in [0.2, 0.25) is 5.15 Å². The van der Waals surface area contributed by atoms with Gasteiger partial charge in [-0.25, -0.2) is 9.97 Å². The second kappa shape index (κ2) is 7.57. The van der Waals surface area contributed by atoms with Gasteiger partial charge in [-0.05, 0) is 24.6 Å². The standard InChI is InChI=1S/C14H15BrClN3O/c1-2-20-9-14-18-12(16)7-13(19-14)17-8-10-3-5-11(15)6-4-10/h3-7H,2,8-9H2,1H3,(H,17,18,19). The molecule has 0 spiro atoms. The SMILES string of the molecule is CCOCc1nc(Cl)cc(NCc2ccc(Br)cc2)n1. The van der Waals surface area contributed by atoms with Gasteiger partial charge in [-0.15, -0.1) is 0 Å². The highest BCUT2D eigenvalue weighted by Gasteiger charge is 2.03. The van der Waals surface area contributed by atoms with Gasteiger partial charge < -0.3 is 10.1 Å². The topological polar surface area (TPSA) is 47.0 Å². The zero-order chi connectivity index (χ0) is 14.4. The smallest absolute Gasteiger partial charge is 0.158 e. The molecule has 4 nitrogen and oxygen atoms in total. The largest absolute Gasteiger partial charge is 0.374 e. The van der Waals surface area contributed by atoms with Crippen LogP contribution in [-0.2, 0) is 17.9 Å². The lowest BCUT2D eigenvalue weighted by atomic mass is 10.2. The second-order valence-corrected chi connectivity index (χ2v) is 5.41. The van der Waals surface area contributed by atoms with E-state index in [4.69, 9.17) is 16.3 Å². The van der Waals surface area contributed by atoms with Crippen molar-refractivity contribution in [1.82, 2.24) is 9.97 Å². The van der Waals surface area contributed by atoms with Crippen molar-refractivity contribution >= 4 is 33.3 Å². The maximum Gasteiger partial charge on any atom is 0.158 e. The molecule has 106 valence electrons. The van der Waals surface area contributed by atoms with E-state index in [1.165, 1.54) is 0 Å². The molecule has 2 aromatic rings. The first kappa shape index (κ1) is 15.2. The molecule has 0 fully saturated rings. The van der Waals surface area contributed by atoms with Crippen molar-refractivity contribution in [3.8, 4) is 0 Å². The van der Waals surface area contributed by atoms with Crippen molar-refractivity contribution in [2.75, 3.05) is 11.9 Å². The van der Waals surface area contributed by atoms with Gasteiger partial charge in [-0.2, -0.15) is 0 Å². The van der Waals surface area contributed by atoms with Gasteiger partial charge in [0.25, 0.3) is 0 Å². The zero-order valence-corrected chi connectivity index (χ0v) is 13.4. The molecular formula is C14H15BrClN3O. The van der Waals surface area contributed by atoms with Gasteiger partial charge in [0.2, 0.25) is 0 Å². The number of hydrogen-bond acceptors (Lipinski definition) is 4. The van der Waals surface area contributed by atoms with Crippen LogP contribution in [0.1, 0.15) is 18.3 Å². The van der Waals surface area contributed by atoms with Gasteiger partial charge in [0, 0.05) is 23.7 Å². The van der Waals surface area contributed by atoms with E-state index < -0.39 is 0 Å². The quantitative estimate of drug-likeness (QED) is 0.794. The number of benzene rings is 1. The molecule has 0 radical (unpaired) electrons. The Morgan fingerprint density at radius 3 is 2.70 bits per heavy atom. The normalized spacial score (nSPS) is 10.6. The number of ether oxygens (including phenoxy) is 1. The summed E-state index contributed by atoms with van der Waals surface area (Å²) in [7, 11) is 0. The number of rotatable bonds is 6. The molecule has 1 aromatic heterocycles. The summed E-state index contributed by atoms with van der Waals surface area (Å²) in [6, 6.07) is 9.80. The molecule has 0 unspecified atom stereocenters. The lowest BCUT2D eigenvalue weighted by Gasteiger charge is -2.08. The van der Waals surface area contributed by atoms with Crippen LogP contribution in [0.4, 0.5) is 5.82 Å². The van der Waals surface area contributed by atoms with Crippen LogP contribution in [0.25, 0.3) is 0 Å². The number of hydrogen-bond donors (Lipinski definition) is 1. The van der Waals surface area contributed by atoms with Crippen molar-refractivity contribution in [3.63, 3.8) is 0 Å². The van der Waals surface area contributed by atoms with Crippen LogP contribution in [0, 0.1) is 0 Å². The minimum Gasteiger partial charge on any atom is -0.374 e. The molecule has 1 heterocycles. The number of anilines is 1. The predicted molar refractivity (Wildman–Crippen MR) is 83.8 cm³/mol. The Morgan fingerprint density at radius 1 is 1.25 bits per heavy atom. The number of aromatic nitrogens is 2. The summed E-state index contributed by atoms with van der Waals surface area (Å²) in [6.45, 7) is 3.59. The third kappa shape index (κ3) is 4.74. The van der Waals surface area contributed by atoms with Gasteiger partial charge in [0.1, 0.15) is 17.6 Å². The van der Waals surface area contributed by atoms with Crippen molar-refractivity contribution in [2.24, 2.45) is 0 Å². The third-order valence-electron chi connectivity index (χ3n) is 2.56. The molecule has 0 aliphatic carbocycles. The zero-order valence-electron chi connectivity index (χ0n) is 11.1. The van der Waals surface area contributed by atoms with Crippen LogP contribution >= 0.6 is 27.5 Å². The summed E-state index contributed by atoms with van der Waals surface area (Å²) in [5, 5.41) is 3.64. The lowest BCUT2D eigenvalue weighted by Crippen LogP contribution is -2.06. The fourth-order valence-electron chi connectivity index (χ4n) is 1.61. The van der Waals surface area contributed by atoms with Crippen LogP contribution in [0.3, 0.4) is 0 Å². The second-order valence-electron chi connectivity index (χ2n) is 4.11. The molecule has 0 bridgehead atoms. The third-order valence-corrected chi connectivity index (χ3v) is 3.29. The van der Waals surface area contributed by atoms with Crippen molar-refractivity contribution in [2.45, 2.75) is 20.1 Å². The summed E-state index contributed by atoms with van der Waals surface area (Å²) in [4.78, 5) is 8.48. The molecule has 0 amide bonds. The van der Waals surface area contributed by atoms with E-state index in [-0.39, 0.29) is 0 Å². The Hall–Kier alpha value is -1.17. The number of halogens is 2. The molecular weight excluding hydrogens is 342 g/mol. The van der Waals surface area contributed by atoms with Gasteiger partial charge >= 0.3 is 0 Å². The molecule has 0 atom stereocenters. The average molecular weight is 357 g/mol. The lowest BCUT2D eigenvalue weighted by molar-refractivity contribution is 0.128. The van der Waals surface area contributed by atoms with Crippen molar-refractivity contribution in [1.29, 1.82) is 0 Å². The summed E-state index contributed by atoms with van der Waals surface area (Å²) >= 11 is 9.39. The summed E-state index contributed by atoms with van der Waals surface area (Å²) in [5.74, 6) is 1.28. The van der Waals surface area contributed by atoms with Crippen LogP contribution < -0.4 is 5.32 Å². The number of nitrogens with zero attached hydrogens (tertiary/aromatic N) is 2. The Morgan fingerprint density at radius 2 is 2.00 bits per heavy atom. The van der Waals surface area contributed by atoms with Crippen LogP contribution in [0.5, 0.6) is 0 Å². The van der Waals surface area contributed by atoms with Crippen molar-refractivity contribution in [3.05, 3.63) is 51.3 Å². The molecule has 1 aromatic carbocycles. The predicted octanol–water partition coefficient (Wildman–Crippen LogP) is 4.04. The van der Waals surface area contributed by atoms with Gasteiger partial charge in [-0.1, -0.05) is 39.7 Å². The van der Waals surface area contributed by atoms with E-state index in [9.17, 15) is 0 Å².